The number of hydrogen-bond donors (Lipinski definition) is 1. The molecular weight excluding hydrogens is 345 g/mol. The Bertz CT molecular complexity index is 1050. The van der Waals surface area contributed by atoms with E-state index in [0.717, 1.165) is 11.6 Å². The topological polar surface area (TPSA) is 60.0 Å². The fraction of sp³-hybridized carbons (Fsp3) is 0.118. The summed E-state index contributed by atoms with van der Waals surface area (Å²) in [6.07, 6.45) is 2.08. The van der Waals surface area contributed by atoms with Gasteiger partial charge < -0.3 is 5.32 Å². The molecule has 1 N–H and O–H groups in total. The van der Waals surface area contributed by atoms with Crippen molar-refractivity contribution in [1.82, 2.24) is 24.4 Å². The summed E-state index contributed by atoms with van der Waals surface area (Å²) in [7, 11) is 0. The van der Waals surface area contributed by atoms with E-state index in [-0.39, 0.29) is 5.69 Å². The van der Waals surface area contributed by atoms with Crippen LogP contribution >= 0.6 is 0 Å². The summed E-state index contributed by atoms with van der Waals surface area (Å²) in [6, 6.07) is 8.71. The normalized spacial score (nSPS) is 11.8. The molecule has 0 spiro atoms. The van der Waals surface area contributed by atoms with Gasteiger partial charge in [0.1, 0.15) is 5.82 Å². The van der Waals surface area contributed by atoms with Gasteiger partial charge in [0.25, 0.3) is 0 Å². The molecule has 0 unspecified atom stereocenters. The van der Waals surface area contributed by atoms with Crippen LogP contribution in [0.2, 0.25) is 0 Å². The van der Waals surface area contributed by atoms with Crippen molar-refractivity contribution in [2.24, 2.45) is 0 Å². The van der Waals surface area contributed by atoms with E-state index in [1.54, 1.807) is 41.3 Å². The molecule has 0 radical (unpaired) electrons. The van der Waals surface area contributed by atoms with Gasteiger partial charge in [-0.1, -0.05) is 12.1 Å². The number of rotatable bonds is 4. The number of halogens is 3. The Balaban J connectivity index is 1.64. The summed E-state index contributed by atoms with van der Waals surface area (Å²) in [5.41, 5.74) is 0.721. The Labute approximate surface area is 145 Å². The van der Waals surface area contributed by atoms with E-state index in [1.807, 2.05) is 0 Å². The minimum atomic E-state index is -4.47. The molecule has 1 aromatic carbocycles. The third-order valence-electron chi connectivity index (χ3n) is 3.89. The average Bonchev–Trinajstić information content (AvgIpc) is 3.26. The van der Waals surface area contributed by atoms with Gasteiger partial charge in [-0.25, -0.2) is 14.2 Å². The molecule has 4 aromatic rings. The Kier molecular flexibility index (Phi) is 3.83. The second-order valence-corrected chi connectivity index (χ2v) is 5.55. The number of alkyl halides is 3. The van der Waals surface area contributed by atoms with Crippen LogP contribution < -0.4 is 5.32 Å². The molecule has 0 amide bonds. The molecule has 26 heavy (non-hydrogen) atoms. The first-order valence-corrected chi connectivity index (χ1v) is 7.76. The van der Waals surface area contributed by atoms with Gasteiger partial charge in [0.2, 0.25) is 0 Å². The fourth-order valence-electron chi connectivity index (χ4n) is 2.71. The molecule has 0 aliphatic carbocycles. The van der Waals surface area contributed by atoms with E-state index in [9.17, 15) is 13.2 Å². The molecule has 0 fully saturated rings. The zero-order valence-corrected chi connectivity index (χ0v) is 13.4. The van der Waals surface area contributed by atoms with Crippen molar-refractivity contribution in [3.8, 4) is 5.69 Å². The maximum absolute atomic E-state index is 13.3. The number of nitrogens with zero attached hydrogens (tertiary/aromatic N) is 5. The number of para-hydroxylation sites is 1. The Hall–Kier alpha value is -3.36. The van der Waals surface area contributed by atoms with Crippen LogP contribution in [0.5, 0.6) is 0 Å². The minimum Gasteiger partial charge on any atom is -0.366 e. The first kappa shape index (κ1) is 16.1. The van der Waals surface area contributed by atoms with E-state index < -0.39 is 11.7 Å². The van der Waals surface area contributed by atoms with Crippen LogP contribution in [0, 0.1) is 0 Å². The van der Waals surface area contributed by atoms with Gasteiger partial charge in [-0.2, -0.15) is 23.4 Å². The lowest BCUT2D eigenvalue weighted by molar-refractivity contribution is -0.137. The highest BCUT2D eigenvalue weighted by atomic mass is 19.4. The molecule has 0 saturated carbocycles. The van der Waals surface area contributed by atoms with Gasteiger partial charge >= 0.3 is 6.18 Å². The zero-order chi connectivity index (χ0) is 18.1. The lowest BCUT2D eigenvalue weighted by Gasteiger charge is -2.15. The Morgan fingerprint density at radius 3 is 2.69 bits per heavy atom. The van der Waals surface area contributed by atoms with E-state index in [2.05, 4.69) is 20.5 Å². The second-order valence-electron chi connectivity index (χ2n) is 5.55. The second kappa shape index (κ2) is 6.17. The molecule has 0 aliphatic rings. The zero-order valence-electron chi connectivity index (χ0n) is 13.4. The van der Waals surface area contributed by atoms with Crippen LogP contribution in [-0.4, -0.2) is 24.4 Å². The number of benzene rings is 1. The van der Waals surface area contributed by atoms with Crippen LogP contribution in [0.3, 0.4) is 0 Å². The standard InChI is InChI=1S/C17H13F3N6/c18-17(19,20)13-4-1-2-5-14(13)26-15(6-8-23-26)22-10-12-11-24-25-9-3-7-21-16(12)25/h1-9,11,22H,10H2. The lowest BCUT2D eigenvalue weighted by Crippen LogP contribution is -2.13. The molecule has 132 valence electrons. The van der Waals surface area contributed by atoms with Crippen molar-refractivity contribution >= 4 is 11.5 Å². The Morgan fingerprint density at radius 1 is 1.00 bits per heavy atom. The van der Waals surface area contributed by atoms with Crippen molar-refractivity contribution in [2.75, 3.05) is 5.32 Å². The summed E-state index contributed by atoms with van der Waals surface area (Å²) in [5, 5.41) is 11.3. The maximum Gasteiger partial charge on any atom is 0.418 e. The minimum absolute atomic E-state index is 0.0366. The van der Waals surface area contributed by atoms with Crippen molar-refractivity contribution in [3.63, 3.8) is 0 Å². The van der Waals surface area contributed by atoms with Crippen LogP contribution in [0.1, 0.15) is 11.1 Å². The molecule has 0 bridgehead atoms. The highest BCUT2D eigenvalue weighted by Crippen LogP contribution is 2.34. The van der Waals surface area contributed by atoms with Crippen molar-refractivity contribution < 1.29 is 13.2 Å². The van der Waals surface area contributed by atoms with Gasteiger partial charge in [0.05, 0.1) is 23.6 Å². The molecule has 4 rings (SSSR count). The van der Waals surface area contributed by atoms with Crippen LogP contribution in [0.4, 0.5) is 19.0 Å². The average molecular weight is 358 g/mol. The number of aromatic nitrogens is 5. The van der Waals surface area contributed by atoms with E-state index in [4.69, 9.17) is 0 Å². The summed E-state index contributed by atoms with van der Waals surface area (Å²) in [5.74, 6) is 0.442. The summed E-state index contributed by atoms with van der Waals surface area (Å²) in [6.45, 7) is 0.348. The molecule has 3 aromatic heterocycles. The number of anilines is 1. The van der Waals surface area contributed by atoms with Crippen molar-refractivity contribution in [2.45, 2.75) is 12.7 Å². The fourth-order valence-corrected chi connectivity index (χ4v) is 2.71. The molecule has 0 saturated heterocycles. The van der Waals surface area contributed by atoms with Crippen LogP contribution in [0.25, 0.3) is 11.3 Å². The first-order chi connectivity index (χ1) is 12.5. The Morgan fingerprint density at radius 2 is 1.85 bits per heavy atom. The molecule has 9 heteroatoms. The van der Waals surface area contributed by atoms with Gasteiger partial charge in [0, 0.05) is 30.6 Å². The third-order valence-corrected chi connectivity index (χ3v) is 3.89. The number of nitrogens with one attached hydrogen (secondary N) is 1. The third kappa shape index (κ3) is 2.87. The first-order valence-electron chi connectivity index (χ1n) is 7.76. The SMILES string of the molecule is FC(F)(F)c1ccccc1-n1nccc1NCc1cnn2cccnc12. The molecular formula is C17H13F3N6. The lowest BCUT2D eigenvalue weighted by atomic mass is 10.1. The molecule has 6 nitrogen and oxygen atoms in total. The number of hydrogen-bond acceptors (Lipinski definition) is 4. The summed E-state index contributed by atoms with van der Waals surface area (Å²) >= 11 is 0. The quantitative estimate of drug-likeness (QED) is 0.606. The molecule has 3 heterocycles. The maximum atomic E-state index is 13.3. The molecule has 0 aliphatic heterocycles. The van der Waals surface area contributed by atoms with Gasteiger partial charge in [-0.3, -0.25) is 0 Å². The number of fused-ring (bicyclic) bond motifs is 1. The van der Waals surface area contributed by atoms with E-state index in [0.29, 0.717) is 18.0 Å². The predicted octanol–water partition coefficient (Wildman–Crippen LogP) is 3.55. The smallest absolute Gasteiger partial charge is 0.366 e. The highest BCUT2D eigenvalue weighted by molar-refractivity contribution is 5.52. The largest absolute Gasteiger partial charge is 0.418 e. The van der Waals surface area contributed by atoms with Gasteiger partial charge in [0.15, 0.2) is 5.65 Å². The highest BCUT2D eigenvalue weighted by Gasteiger charge is 2.34. The van der Waals surface area contributed by atoms with Crippen LogP contribution in [0.15, 0.2) is 61.2 Å². The van der Waals surface area contributed by atoms with Crippen LogP contribution in [-0.2, 0) is 12.7 Å². The van der Waals surface area contributed by atoms with Crippen molar-refractivity contribution in [3.05, 3.63) is 72.3 Å². The van der Waals surface area contributed by atoms with Gasteiger partial charge in [-0.05, 0) is 18.2 Å². The van der Waals surface area contributed by atoms with E-state index >= 15 is 0 Å². The summed E-state index contributed by atoms with van der Waals surface area (Å²) < 4.78 is 42.7. The van der Waals surface area contributed by atoms with Crippen molar-refractivity contribution in [1.29, 1.82) is 0 Å². The van der Waals surface area contributed by atoms with E-state index in [1.165, 1.54) is 23.0 Å². The molecule has 0 atom stereocenters. The summed E-state index contributed by atoms with van der Waals surface area (Å²) in [4.78, 5) is 4.26. The monoisotopic (exact) mass is 358 g/mol. The van der Waals surface area contributed by atoms with Gasteiger partial charge in [-0.15, -0.1) is 0 Å². The predicted molar refractivity (Wildman–Crippen MR) is 88.9 cm³/mol.